The van der Waals surface area contributed by atoms with E-state index in [1.54, 1.807) is 0 Å². The first-order valence-corrected chi connectivity index (χ1v) is 6.43. The van der Waals surface area contributed by atoms with Crippen LogP contribution in [-0.4, -0.2) is 19.7 Å². The molecule has 3 aromatic heterocycles. The van der Waals surface area contributed by atoms with Crippen molar-refractivity contribution in [2.24, 2.45) is 7.05 Å². The van der Waals surface area contributed by atoms with Crippen molar-refractivity contribution in [1.82, 2.24) is 19.7 Å². The molecule has 96 valence electrons. The van der Waals surface area contributed by atoms with Crippen LogP contribution in [0, 0.1) is 6.92 Å². The van der Waals surface area contributed by atoms with Gasteiger partial charge < -0.3 is 0 Å². The monoisotopic (exact) mass is 252 g/mol. The Morgan fingerprint density at radius 2 is 2.11 bits per heavy atom. The number of rotatable bonds is 2. The van der Waals surface area contributed by atoms with Gasteiger partial charge in [-0.3, -0.25) is 9.67 Å². The summed E-state index contributed by atoms with van der Waals surface area (Å²) in [6.07, 6.45) is 6.63. The fourth-order valence-corrected chi connectivity index (χ4v) is 2.45. The number of fused-ring (bicyclic) bond motifs is 1. The van der Waals surface area contributed by atoms with Crippen LogP contribution in [0.2, 0.25) is 0 Å². The summed E-state index contributed by atoms with van der Waals surface area (Å²) in [5, 5.41) is 5.52. The molecule has 0 radical (unpaired) electrons. The van der Waals surface area contributed by atoms with Gasteiger partial charge in [0.15, 0.2) is 5.65 Å². The lowest BCUT2D eigenvalue weighted by atomic mass is 10.0. The molecule has 0 bridgehead atoms. The van der Waals surface area contributed by atoms with E-state index in [-0.39, 0.29) is 0 Å². The van der Waals surface area contributed by atoms with Gasteiger partial charge in [-0.1, -0.05) is 6.92 Å². The van der Waals surface area contributed by atoms with E-state index in [1.165, 1.54) is 11.1 Å². The Kier molecular flexibility index (Phi) is 2.78. The molecule has 3 rings (SSSR count). The molecule has 0 aliphatic rings. The van der Waals surface area contributed by atoms with Crippen LogP contribution in [0.25, 0.3) is 22.2 Å². The first kappa shape index (κ1) is 11.8. The van der Waals surface area contributed by atoms with Crippen molar-refractivity contribution in [3.8, 4) is 11.1 Å². The normalized spacial score (nSPS) is 11.1. The molecule has 0 aliphatic heterocycles. The maximum atomic E-state index is 4.53. The second-order valence-corrected chi connectivity index (χ2v) is 4.69. The van der Waals surface area contributed by atoms with E-state index in [2.05, 4.69) is 28.1 Å². The third-order valence-corrected chi connectivity index (χ3v) is 3.46. The molecule has 4 nitrogen and oxygen atoms in total. The second kappa shape index (κ2) is 4.46. The van der Waals surface area contributed by atoms with E-state index in [4.69, 9.17) is 0 Å². The van der Waals surface area contributed by atoms with Gasteiger partial charge in [0.25, 0.3) is 0 Å². The van der Waals surface area contributed by atoms with Gasteiger partial charge in [0.05, 0.1) is 5.69 Å². The molecule has 0 fully saturated rings. The highest BCUT2D eigenvalue weighted by molar-refractivity contribution is 5.83. The summed E-state index contributed by atoms with van der Waals surface area (Å²) in [4.78, 5) is 8.72. The van der Waals surface area contributed by atoms with Crippen molar-refractivity contribution >= 4 is 11.0 Å². The molecular formula is C15H16N4. The Labute approximate surface area is 112 Å². The number of pyridine rings is 2. The van der Waals surface area contributed by atoms with E-state index < -0.39 is 0 Å². The van der Waals surface area contributed by atoms with Crippen LogP contribution in [0.1, 0.15) is 18.2 Å². The molecular weight excluding hydrogens is 236 g/mol. The minimum absolute atomic E-state index is 0.924. The molecule has 0 spiro atoms. The van der Waals surface area contributed by atoms with Gasteiger partial charge in [-0.05, 0) is 36.6 Å². The lowest BCUT2D eigenvalue weighted by Gasteiger charge is -2.07. The summed E-state index contributed by atoms with van der Waals surface area (Å²) < 4.78 is 1.82. The first-order valence-electron chi connectivity index (χ1n) is 6.43. The van der Waals surface area contributed by atoms with Crippen molar-refractivity contribution in [3.05, 3.63) is 42.0 Å². The average Bonchev–Trinajstić information content (AvgIpc) is 2.73. The van der Waals surface area contributed by atoms with Crippen LogP contribution in [0.5, 0.6) is 0 Å². The quantitative estimate of drug-likeness (QED) is 0.704. The SMILES string of the molecule is CCc1cnccc1-c1cnc2c(c1)c(C)nn2C. The highest BCUT2D eigenvalue weighted by atomic mass is 15.3. The Morgan fingerprint density at radius 1 is 1.26 bits per heavy atom. The molecule has 4 heteroatoms. The maximum Gasteiger partial charge on any atom is 0.157 e. The van der Waals surface area contributed by atoms with Crippen LogP contribution in [0.15, 0.2) is 30.7 Å². The largest absolute Gasteiger partial charge is 0.264 e. The molecule has 0 aliphatic carbocycles. The van der Waals surface area contributed by atoms with E-state index in [0.29, 0.717) is 0 Å². The summed E-state index contributed by atoms with van der Waals surface area (Å²) in [7, 11) is 1.92. The third kappa shape index (κ3) is 1.89. The molecule has 19 heavy (non-hydrogen) atoms. The maximum absolute atomic E-state index is 4.53. The van der Waals surface area contributed by atoms with Gasteiger partial charge in [0.1, 0.15) is 0 Å². The Bertz CT molecular complexity index is 743. The predicted molar refractivity (Wildman–Crippen MR) is 75.9 cm³/mol. The van der Waals surface area contributed by atoms with Crippen LogP contribution < -0.4 is 0 Å². The van der Waals surface area contributed by atoms with Crippen molar-refractivity contribution < 1.29 is 0 Å². The predicted octanol–water partition coefficient (Wildman–Crippen LogP) is 2.90. The van der Waals surface area contributed by atoms with E-state index in [9.17, 15) is 0 Å². The molecule has 0 saturated heterocycles. The van der Waals surface area contributed by atoms with Crippen LogP contribution in [0.3, 0.4) is 0 Å². The standard InChI is InChI=1S/C15H16N4/c1-4-11-8-16-6-5-13(11)12-7-14-10(2)18-19(3)15(14)17-9-12/h5-9H,4H2,1-3H3. The van der Waals surface area contributed by atoms with Gasteiger partial charge in [-0.15, -0.1) is 0 Å². The summed E-state index contributed by atoms with van der Waals surface area (Å²) in [6.45, 7) is 4.16. The van der Waals surface area contributed by atoms with E-state index >= 15 is 0 Å². The van der Waals surface area contributed by atoms with Crippen molar-refractivity contribution in [1.29, 1.82) is 0 Å². The van der Waals surface area contributed by atoms with Crippen molar-refractivity contribution in [2.45, 2.75) is 20.3 Å². The van der Waals surface area contributed by atoms with Gasteiger partial charge in [-0.2, -0.15) is 5.10 Å². The molecule has 3 heterocycles. The zero-order valence-electron chi connectivity index (χ0n) is 11.4. The molecule has 3 aromatic rings. The zero-order valence-corrected chi connectivity index (χ0v) is 11.4. The van der Waals surface area contributed by atoms with Gasteiger partial charge in [0.2, 0.25) is 0 Å². The van der Waals surface area contributed by atoms with Crippen LogP contribution >= 0.6 is 0 Å². The second-order valence-electron chi connectivity index (χ2n) is 4.69. The molecule has 0 saturated carbocycles. The minimum atomic E-state index is 0.924. The van der Waals surface area contributed by atoms with Crippen molar-refractivity contribution in [2.75, 3.05) is 0 Å². The number of aromatic nitrogens is 4. The average molecular weight is 252 g/mol. The molecule has 0 N–H and O–H groups in total. The van der Waals surface area contributed by atoms with Gasteiger partial charge >= 0.3 is 0 Å². The smallest absolute Gasteiger partial charge is 0.157 e. The lowest BCUT2D eigenvalue weighted by Crippen LogP contribution is -1.93. The van der Waals surface area contributed by atoms with Gasteiger partial charge in [0, 0.05) is 36.6 Å². The number of aryl methyl sites for hydroxylation is 3. The third-order valence-electron chi connectivity index (χ3n) is 3.46. The minimum Gasteiger partial charge on any atom is -0.264 e. The molecule has 0 atom stereocenters. The highest BCUT2D eigenvalue weighted by Gasteiger charge is 2.09. The number of hydrogen-bond donors (Lipinski definition) is 0. The summed E-state index contributed by atoms with van der Waals surface area (Å²) >= 11 is 0. The summed E-state index contributed by atoms with van der Waals surface area (Å²) in [5.41, 5.74) is 5.51. The Balaban J connectivity index is 2.23. The van der Waals surface area contributed by atoms with Crippen LogP contribution in [0.4, 0.5) is 0 Å². The van der Waals surface area contributed by atoms with Crippen molar-refractivity contribution in [3.63, 3.8) is 0 Å². The number of hydrogen-bond acceptors (Lipinski definition) is 3. The topological polar surface area (TPSA) is 43.6 Å². The summed E-state index contributed by atoms with van der Waals surface area (Å²) in [5.74, 6) is 0. The fraction of sp³-hybridized carbons (Fsp3) is 0.267. The fourth-order valence-electron chi connectivity index (χ4n) is 2.45. The Morgan fingerprint density at radius 3 is 2.89 bits per heavy atom. The first-order chi connectivity index (χ1) is 9.20. The lowest BCUT2D eigenvalue weighted by molar-refractivity contribution is 0.774. The van der Waals surface area contributed by atoms with E-state index in [0.717, 1.165) is 28.7 Å². The Hall–Kier alpha value is -2.23. The summed E-state index contributed by atoms with van der Waals surface area (Å²) in [6, 6.07) is 4.21. The molecule has 0 aromatic carbocycles. The highest BCUT2D eigenvalue weighted by Crippen LogP contribution is 2.26. The van der Waals surface area contributed by atoms with Gasteiger partial charge in [-0.25, -0.2) is 4.98 Å². The zero-order chi connectivity index (χ0) is 13.4. The van der Waals surface area contributed by atoms with E-state index in [1.807, 2.05) is 43.3 Å². The molecule has 0 unspecified atom stereocenters. The number of nitrogens with zero attached hydrogens (tertiary/aromatic N) is 4. The van der Waals surface area contributed by atoms with Crippen LogP contribution in [-0.2, 0) is 13.5 Å². The molecule has 0 amide bonds.